The van der Waals surface area contributed by atoms with Gasteiger partial charge in [-0.05, 0) is 38.7 Å². The van der Waals surface area contributed by atoms with Gasteiger partial charge in [0.1, 0.15) is 11.0 Å². The predicted octanol–water partition coefficient (Wildman–Crippen LogP) is 0.524. The molecule has 1 aromatic carbocycles. The molecule has 6 nitrogen and oxygen atoms in total. The molecule has 18 heavy (non-hydrogen) atoms. The minimum atomic E-state index is -0.138. The summed E-state index contributed by atoms with van der Waals surface area (Å²) < 4.78 is 0. The third-order valence-corrected chi connectivity index (χ3v) is 3.00. The molecule has 0 radical (unpaired) electrons. The van der Waals surface area contributed by atoms with Crippen molar-refractivity contribution in [3.05, 3.63) is 23.8 Å². The molecular formula is C12H17N5O. The van der Waals surface area contributed by atoms with E-state index in [1.54, 1.807) is 0 Å². The Morgan fingerprint density at radius 3 is 2.83 bits per heavy atom. The van der Waals surface area contributed by atoms with Crippen LogP contribution in [0.5, 0.6) is 0 Å². The lowest BCUT2D eigenvalue weighted by molar-refractivity contribution is -0.125. The van der Waals surface area contributed by atoms with Gasteiger partial charge in [-0.3, -0.25) is 9.69 Å². The Kier molecular flexibility index (Phi) is 3.57. The van der Waals surface area contributed by atoms with E-state index in [1.807, 2.05) is 44.1 Å². The van der Waals surface area contributed by atoms with Crippen LogP contribution in [0, 0.1) is 0 Å². The Labute approximate surface area is 105 Å². The number of likely N-dealkylation sites (N-methyl/N-ethyl adjacent to an activating group) is 1. The molecule has 1 unspecified atom stereocenters. The molecule has 6 heteroatoms. The zero-order valence-electron chi connectivity index (χ0n) is 10.8. The summed E-state index contributed by atoms with van der Waals surface area (Å²) in [6.45, 7) is 2.37. The first-order chi connectivity index (χ1) is 8.58. The van der Waals surface area contributed by atoms with Crippen LogP contribution in [-0.2, 0) is 11.3 Å². The Morgan fingerprint density at radius 1 is 1.39 bits per heavy atom. The standard InChI is InChI=1S/C12H17N5O/c1-8(17(2)3)12(18)13-7-9-4-5-10-11(6-9)15-16-14-10/h4-6,8H,7H2,1-3H3,(H,13,18)(H,14,15,16). The van der Waals surface area contributed by atoms with Crippen molar-refractivity contribution in [2.45, 2.75) is 19.5 Å². The molecule has 2 rings (SSSR count). The number of hydrogen-bond donors (Lipinski definition) is 2. The molecule has 0 fully saturated rings. The van der Waals surface area contributed by atoms with Crippen molar-refractivity contribution in [3.8, 4) is 0 Å². The van der Waals surface area contributed by atoms with Gasteiger partial charge in [0.15, 0.2) is 0 Å². The minimum absolute atomic E-state index is 0.0141. The lowest BCUT2D eigenvalue weighted by Gasteiger charge is -2.18. The molecule has 0 spiro atoms. The first-order valence-electron chi connectivity index (χ1n) is 5.81. The number of nitrogens with zero attached hydrogens (tertiary/aromatic N) is 3. The predicted molar refractivity (Wildman–Crippen MR) is 68.9 cm³/mol. The fourth-order valence-corrected chi connectivity index (χ4v) is 1.57. The molecular weight excluding hydrogens is 230 g/mol. The molecule has 1 aromatic heterocycles. The number of carbonyl (C=O) groups excluding carboxylic acids is 1. The van der Waals surface area contributed by atoms with E-state index in [2.05, 4.69) is 20.7 Å². The maximum Gasteiger partial charge on any atom is 0.237 e. The number of H-pyrrole nitrogens is 1. The van der Waals surface area contributed by atoms with Crippen molar-refractivity contribution in [2.24, 2.45) is 0 Å². The fourth-order valence-electron chi connectivity index (χ4n) is 1.57. The molecule has 2 N–H and O–H groups in total. The smallest absolute Gasteiger partial charge is 0.237 e. The van der Waals surface area contributed by atoms with E-state index in [1.165, 1.54) is 0 Å². The highest BCUT2D eigenvalue weighted by atomic mass is 16.2. The number of rotatable bonds is 4. The van der Waals surface area contributed by atoms with Crippen molar-refractivity contribution >= 4 is 16.9 Å². The van der Waals surface area contributed by atoms with E-state index in [0.717, 1.165) is 16.6 Å². The Morgan fingerprint density at radius 2 is 2.11 bits per heavy atom. The van der Waals surface area contributed by atoms with Crippen LogP contribution in [0.1, 0.15) is 12.5 Å². The normalized spacial score (nSPS) is 12.9. The molecule has 1 amide bonds. The number of aromatic amines is 1. The molecule has 0 saturated carbocycles. The van der Waals surface area contributed by atoms with E-state index in [-0.39, 0.29) is 11.9 Å². The monoisotopic (exact) mass is 247 g/mol. The van der Waals surface area contributed by atoms with Crippen LogP contribution >= 0.6 is 0 Å². The summed E-state index contributed by atoms with van der Waals surface area (Å²) in [6, 6.07) is 5.60. The number of nitrogens with one attached hydrogen (secondary N) is 2. The zero-order valence-corrected chi connectivity index (χ0v) is 10.8. The highest BCUT2D eigenvalue weighted by Gasteiger charge is 2.14. The summed E-state index contributed by atoms with van der Waals surface area (Å²) in [4.78, 5) is 13.7. The summed E-state index contributed by atoms with van der Waals surface area (Å²) in [6.07, 6.45) is 0. The second kappa shape index (κ2) is 5.14. The van der Waals surface area contributed by atoms with Gasteiger partial charge >= 0.3 is 0 Å². The topological polar surface area (TPSA) is 73.9 Å². The van der Waals surface area contributed by atoms with Crippen LogP contribution in [0.4, 0.5) is 0 Å². The Hall–Kier alpha value is -1.95. The maximum atomic E-state index is 11.8. The van der Waals surface area contributed by atoms with Crippen LogP contribution < -0.4 is 5.32 Å². The fraction of sp³-hybridized carbons (Fsp3) is 0.417. The molecule has 0 aliphatic carbocycles. The Bertz CT molecular complexity index is 548. The van der Waals surface area contributed by atoms with Crippen LogP contribution in [0.15, 0.2) is 18.2 Å². The average Bonchev–Trinajstić information content (AvgIpc) is 2.82. The van der Waals surface area contributed by atoms with Crippen molar-refractivity contribution < 1.29 is 4.79 Å². The van der Waals surface area contributed by atoms with Crippen molar-refractivity contribution in [1.82, 2.24) is 25.6 Å². The number of hydrogen-bond acceptors (Lipinski definition) is 4. The third-order valence-electron chi connectivity index (χ3n) is 3.00. The second-order valence-corrected chi connectivity index (χ2v) is 4.50. The summed E-state index contributed by atoms with van der Waals surface area (Å²) in [5, 5.41) is 13.5. The summed E-state index contributed by atoms with van der Waals surface area (Å²) in [7, 11) is 3.76. The SMILES string of the molecule is CC(C(=O)NCc1ccc2n[nH]nc2c1)N(C)C. The molecule has 2 aromatic rings. The maximum absolute atomic E-state index is 11.8. The molecule has 0 aliphatic heterocycles. The van der Waals surface area contributed by atoms with Gasteiger partial charge in [0.05, 0.1) is 6.04 Å². The molecule has 1 atom stereocenters. The van der Waals surface area contributed by atoms with Crippen LogP contribution in [0.3, 0.4) is 0 Å². The largest absolute Gasteiger partial charge is 0.351 e. The zero-order chi connectivity index (χ0) is 13.1. The van der Waals surface area contributed by atoms with E-state index in [4.69, 9.17) is 0 Å². The number of fused-ring (bicyclic) bond motifs is 1. The summed E-state index contributed by atoms with van der Waals surface area (Å²) in [5.41, 5.74) is 2.64. The lowest BCUT2D eigenvalue weighted by Crippen LogP contribution is -2.41. The van der Waals surface area contributed by atoms with Gasteiger partial charge in [-0.25, -0.2) is 0 Å². The Balaban J connectivity index is 1.99. The molecule has 96 valence electrons. The molecule has 0 saturated heterocycles. The van der Waals surface area contributed by atoms with E-state index < -0.39 is 0 Å². The van der Waals surface area contributed by atoms with Gasteiger partial charge in [0, 0.05) is 6.54 Å². The summed E-state index contributed by atoms with van der Waals surface area (Å²) in [5.74, 6) is 0.0141. The van der Waals surface area contributed by atoms with E-state index in [0.29, 0.717) is 6.54 Å². The number of aromatic nitrogens is 3. The van der Waals surface area contributed by atoms with E-state index in [9.17, 15) is 4.79 Å². The second-order valence-electron chi connectivity index (χ2n) is 4.50. The van der Waals surface area contributed by atoms with Gasteiger partial charge in [0.2, 0.25) is 5.91 Å². The number of carbonyl (C=O) groups is 1. The lowest BCUT2D eigenvalue weighted by atomic mass is 10.2. The minimum Gasteiger partial charge on any atom is -0.351 e. The van der Waals surface area contributed by atoms with Crippen LogP contribution in [-0.4, -0.2) is 46.4 Å². The number of amides is 1. The van der Waals surface area contributed by atoms with E-state index >= 15 is 0 Å². The van der Waals surface area contributed by atoms with Crippen molar-refractivity contribution in [2.75, 3.05) is 14.1 Å². The highest BCUT2D eigenvalue weighted by molar-refractivity contribution is 5.81. The van der Waals surface area contributed by atoms with Gasteiger partial charge in [-0.1, -0.05) is 6.07 Å². The molecule has 0 bridgehead atoms. The quantitative estimate of drug-likeness (QED) is 0.826. The van der Waals surface area contributed by atoms with Crippen LogP contribution in [0.25, 0.3) is 11.0 Å². The third kappa shape index (κ3) is 2.65. The van der Waals surface area contributed by atoms with Crippen LogP contribution in [0.2, 0.25) is 0 Å². The summed E-state index contributed by atoms with van der Waals surface area (Å²) >= 11 is 0. The average molecular weight is 247 g/mol. The van der Waals surface area contributed by atoms with Crippen molar-refractivity contribution in [1.29, 1.82) is 0 Å². The molecule has 0 aliphatic rings. The first-order valence-corrected chi connectivity index (χ1v) is 5.81. The van der Waals surface area contributed by atoms with Gasteiger partial charge < -0.3 is 5.32 Å². The van der Waals surface area contributed by atoms with Gasteiger partial charge in [0.25, 0.3) is 0 Å². The first kappa shape index (κ1) is 12.5. The van der Waals surface area contributed by atoms with Crippen molar-refractivity contribution in [3.63, 3.8) is 0 Å². The number of benzene rings is 1. The van der Waals surface area contributed by atoms with Gasteiger partial charge in [-0.15, -0.1) is 0 Å². The van der Waals surface area contributed by atoms with Gasteiger partial charge in [-0.2, -0.15) is 15.4 Å². The molecule has 1 heterocycles. The highest BCUT2D eigenvalue weighted by Crippen LogP contribution is 2.10.